The standard InChI is InChI=1S/C36H58O4/c1-23-21-37-35(39-27(23)5)19-31-11-7-29(8-12-31)17-33-15-16-34(26(4)25(33)3)18-30-9-13-32(14-10-30)20-36-38-22-24(2)28(6)40-36/h15-16,23-24,27-32,35-36H,7-14,17-22H2,1-6H3. The molecule has 1 aromatic rings. The van der Waals surface area contributed by atoms with Gasteiger partial charge >= 0.3 is 0 Å². The van der Waals surface area contributed by atoms with Crippen molar-refractivity contribution in [3.05, 3.63) is 34.4 Å². The van der Waals surface area contributed by atoms with Crippen LogP contribution in [0.1, 0.15) is 114 Å². The predicted octanol–water partition coefficient (Wildman–Crippen LogP) is 8.58. The van der Waals surface area contributed by atoms with Gasteiger partial charge in [-0.1, -0.05) is 26.0 Å². The molecule has 4 heteroatoms. The highest BCUT2D eigenvalue weighted by Gasteiger charge is 2.32. The predicted molar refractivity (Wildman–Crippen MR) is 162 cm³/mol. The van der Waals surface area contributed by atoms with Gasteiger partial charge in [0.05, 0.1) is 25.4 Å². The van der Waals surface area contributed by atoms with Gasteiger partial charge in [0.25, 0.3) is 0 Å². The van der Waals surface area contributed by atoms with Crippen LogP contribution in [0.5, 0.6) is 0 Å². The molecule has 2 aliphatic carbocycles. The second-order valence-corrected chi connectivity index (χ2v) is 14.4. The highest BCUT2D eigenvalue weighted by Crippen LogP contribution is 2.38. The molecule has 6 atom stereocenters. The van der Waals surface area contributed by atoms with Gasteiger partial charge in [0, 0.05) is 24.7 Å². The van der Waals surface area contributed by atoms with Crippen molar-refractivity contribution >= 4 is 0 Å². The van der Waals surface area contributed by atoms with Crippen LogP contribution in [0.25, 0.3) is 0 Å². The summed E-state index contributed by atoms with van der Waals surface area (Å²) in [6.07, 6.45) is 16.1. The summed E-state index contributed by atoms with van der Waals surface area (Å²) >= 11 is 0. The van der Waals surface area contributed by atoms with Crippen molar-refractivity contribution in [2.24, 2.45) is 35.5 Å². The van der Waals surface area contributed by atoms with E-state index in [1.807, 2.05) is 0 Å². The van der Waals surface area contributed by atoms with Crippen LogP contribution in [0.15, 0.2) is 12.1 Å². The molecule has 2 saturated heterocycles. The third-order valence-electron chi connectivity index (χ3n) is 11.4. The van der Waals surface area contributed by atoms with E-state index in [-0.39, 0.29) is 12.6 Å². The fourth-order valence-corrected chi connectivity index (χ4v) is 7.75. The zero-order valence-electron chi connectivity index (χ0n) is 26.5. The van der Waals surface area contributed by atoms with Gasteiger partial charge in [0.15, 0.2) is 12.6 Å². The lowest BCUT2D eigenvalue weighted by Crippen LogP contribution is -2.38. The summed E-state index contributed by atoms with van der Waals surface area (Å²) in [6, 6.07) is 4.95. The maximum Gasteiger partial charge on any atom is 0.158 e. The van der Waals surface area contributed by atoms with E-state index in [4.69, 9.17) is 18.9 Å². The Morgan fingerprint density at radius 2 is 0.900 bits per heavy atom. The molecule has 4 fully saturated rings. The molecule has 40 heavy (non-hydrogen) atoms. The molecule has 6 unspecified atom stereocenters. The lowest BCUT2D eigenvalue weighted by atomic mass is 9.76. The van der Waals surface area contributed by atoms with Gasteiger partial charge < -0.3 is 18.9 Å². The van der Waals surface area contributed by atoms with Crippen molar-refractivity contribution in [3.8, 4) is 0 Å². The number of ether oxygens (including phenoxy) is 4. The third kappa shape index (κ3) is 7.91. The smallest absolute Gasteiger partial charge is 0.158 e. The Kier molecular flexibility index (Phi) is 10.7. The van der Waals surface area contributed by atoms with E-state index in [0.717, 1.165) is 49.7 Å². The van der Waals surface area contributed by atoms with Crippen LogP contribution in [0.4, 0.5) is 0 Å². The lowest BCUT2D eigenvalue weighted by Gasteiger charge is -2.36. The molecule has 0 N–H and O–H groups in total. The van der Waals surface area contributed by atoms with Crippen molar-refractivity contribution in [1.82, 2.24) is 0 Å². The van der Waals surface area contributed by atoms with E-state index in [1.165, 1.54) is 64.2 Å². The summed E-state index contributed by atoms with van der Waals surface area (Å²) in [7, 11) is 0. The molecule has 1 aromatic carbocycles. The third-order valence-corrected chi connectivity index (χ3v) is 11.4. The van der Waals surface area contributed by atoms with Crippen LogP contribution in [0.3, 0.4) is 0 Å². The number of hydrogen-bond acceptors (Lipinski definition) is 4. The molecular weight excluding hydrogens is 496 g/mol. The number of hydrogen-bond donors (Lipinski definition) is 0. The molecule has 226 valence electrons. The minimum atomic E-state index is 0.0212. The lowest BCUT2D eigenvalue weighted by molar-refractivity contribution is -0.235. The molecule has 4 nitrogen and oxygen atoms in total. The Hall–Kier alpha value is -0.940. The van der Waals surface area contributed by atoms with Gasteiger partial charge in [-0.2, -0.15) is 0 Å². The van der Waals surface area contributed by atoms with E-state index < -0.39 is 0 Å². The summed E-state index contributed by atoms with van der Waals surface area (Å²) < 4.78 is 24.2. The Labute approximate surface area is 245 Å². The first-order valence-corrected chi connectivity index (χ1v) is 16.9. The summed E-state index contributed by atoms with van der Waals surface area (Å²) in [5.41, 5.74) is 6.28. The van der Waals surface area contributed by atoms with E-state index >= 15 is 0 Å². The van der Waals surface area contributed by atoms with E-state index in [9.17, 15) is 0 Å². The van der Waals surface area contributed by atoms with Crippen LogP contribution >= 0.6 is 0 Å². The van der Waals surface area contributed by atoms with Crippen LogP contribution in [-0.4, -0.2) is 38.0 Å². The van der Waals surface area contributed by atoms with Gasteiger partial charge in [-0.15, -0.1) is 0 Å². The van der Waals surface area contributed by atoms with Crippen molar-refractivity contribution in [2.75, 3.05) is 13.2 Å². The number of benzene rings is 1. The molecule has 5 rings (SSSR count). The summed E-state index contributed by atoms with van der Waals surface area (Å²) in [6.45, 7) is 15.3. The number of rotatable bonds is 8. The van der Waals surface area contributed by atoms with Crippen molar-refractivity contribution in [2.45, 2.75) is 143 Å². The summed E-state index contributed by atoms with van der Waals surface area (Å²) in [5, 5.41) is 0. The van der Waals surface area contributed by atoms with Crippen LogP contribution in [-0.2, 0) is 31.8 Å². The first kappa shape index (κ1) is 30.5. The second-order valence-electron chi connectivity index (χ2n) is 14.4. The molecule has 0 spiro atoms. The van der Waals surface area contributed by atoms with Gasteiger partial charge in [-0.05, 0) is 138 Å². The SMILES string of the molecule is Cc1c(CC2CCC(CC3OCC(C)C(C)O3)CC2)ccc(CC2CCC(CC3OCC(C)C(C)O3)CC2)c1C. The Morgan fingerprint density at radius 3 is 1.25 bits per heavy atom. The topological polar surface area (TPSA) is 36.9 Å². The average molecular weight is 555 g/mol. The molecule has 0 amide bonds. The van der Waals surface area contributed by atoms with Crippen molar-refractivity contribution in [3.63, 3.8) is 0 Å². The molecule has 2 aliphatic heterocycles. The van der Waals surface area contributed by atoms with Crippen molar-refractivity contribution < 1.29 is 18.9 Å². The molecular formula is C36H58O4. The minimum Gasteiger partial charge on any atom is -0.352 e. The second kappa shape index (κ2) is 14.0. The fraction of sp³-hybridized carbons (Fsp3) is 0.833. The molecule has 2 heterocycles. The average Bonchev–Trinajstić information content (AvgIpc) is 2.94. The monoisotopic (exact) mass is 554 g/mol. The molecule has 4 aliphatic rings. The summed E-state index contributed by atoms with van der Waals surface area (Å²) in [5.74, 6) is 4.19. The summed E-state index contributed by atoms with van der Waals surface area (Å²) in [4.78, 5) is 0. The van der Waals surface area contributed by atoms with Gasteiger partial charge in [-0.3, -0.25) is 0 Å². The molecule has 0 radical (unpaired) electrons. The Balaban J connectivity index is 1.04. The van der Waals surface area contributed by atoms with Crippen LogP contribution in [0, 0.1) is 49.4 Å². The maximum absolute atomic E-state index is 6.13. The van der Waals surface area contributed by atoms with E-state index in [0.29, 0.717) is 24.0 Å². The molecule has 0 aromatic heterocycles. The quantitative estimate of drug-likeness (QED) is 0.322. The highest BCUT2D eigenvalue weighted by atomic mass is 16.7. The van der Waals surface area contributed by atoms with Gasteiger partial charge in [-0.25, -0.2) is 0 Å². The highest BCUT2D eigenvalue weighted by molar-refractivity contribution is 5.40. The fourth-order valence-electron chi connectivity index (χ4n) is 7.75. The van der Waals surface area contributed by atoms with E-state index in [2.05, 4.69) is 53.7 Å². The zero-order chi connectivity index (χ0) is 28.2. The maximum atomic E-state index is 6.13. The van der Waals surface area contributed by atoms with Crippen LogP contribution in [0.2, 0.25) is 0 Å². The van der Waals surface area contributed by atoms with E-state index in [1.54, 1.807) is 22.3 Å². The van der Waals surface area contributed by atoms with Gasteiger partial charge in [0.1, 0.15) is 0 Å². The first-order chi connectivity index (χ1) is 19.2. The molecule has 0 bridgehead atoms. The first-order valence-electron chi connectivity index (χ1n) is 16.9. The van der Waals surface area contributed by atoms with Gasteiger partial charge in [0.2, 0.25) is 0 Å². The van der Waals surface area contributed by atoms with Crippen molar-refractivity contribution in [1.29, 1.82) is 0 Å². The largest absolute Gasteiger partial charge is 0.352 e. The minimum absolute atomic E-state index is 0.0212. The zero-order valence-corrected chi connectivity index (χ0v) is 26.5. The Morgan fingerprint density at radius 1 is 0.550 bits per heavy atom. The molecule has 2 saturated carbocycles. The normalized spacial score (nSPS) is 39.2. The Bertz CT molecular complexity index is 854. The van der Waals surface area contributed by atoms with Crippen LogP contribution < -0.4 is 0 Å².